The van der Waals surface area contributed by atoms with Gasteiger partial charge in [0.25, 0.3) is 5.91 Å². The zero-order valence-electron chi connectivity index (χ0n) is 17.6. The molecule has 1 saturated heterocycles. The van der Waals surface area contributed by atoms with Gasteiger partial charge in [0.05, 0.1) is 5.52 Å². The molecule has 2 heterocycles. The molecule has 6 heteroatoms. The Bertz CT molecular complexity index is 1030. The lowest BCUT2D eigenvalue weighted by Gasteiger charge is -2.36. The number of carbonyl (C=O) groups is 1. The molecule has 1 amide bonds. The van der Waals surface area contributed by atoms with Crippen LogP contribution in [0.5, 0.6) is 0 Å². The van der Waals surface area contributed by atoms with Gasteiger partial charge in [0.2, 0.25) is 0 Å². The maximum Gasteiger partial charge on any atom is 0.251 e. The van der Waals surface area contributed by atoms with Crippen molar-refractivity contribution < 1.29 is 9.90 Å². The zero-order valence-corrected chi connectivity index (χ0v) is 17.6. The molecule has 1 fully saturated rings. The minimum absolute atomic E-state index is 0.162. The Hall–Kier alpha value is -2.99. The maximum absolute atomic E-state index is 12.5. The number of carbonyl (C=O) groups excluding carboxylic acids is 1. The van der Waals surface area contributed by atoms with E-state index >= 15 is 0 Å². The average molecular weight is 405 g/mol. The minimum Gasteiger partial charge on any atom is -0.383 e. The van der Waals surface area contributed by atoms with Crippen LogP contribution in [0.1, 0.15) is 25.3 Å². The van der Waals surface area contributed by atoms with Crippen LogP contribution < -0.4 is 4.90 Å². The van der Waals surface area contributed by atoms with E-state index in [0.717, 1.165) is 34.3 Å². The van der Waals surface area contributed by atoms with E-state index in [1.165, 1.54) is 0 Å². The lowest BCUT2D eigenvalue weighted by atomic mass is 10.1. The first-order chi connectivity index (χ1) is 14.6. The summed E-state index contributed by atoms with van der Waals surface area (Å²) in [5.74, 6) is 1.45. The number of rotatable bonds is 5. The van der Waals surface area contributed by atoms with Crippen LogP contribution in [0.4, 0.5) is 5.82 Å². The fourth-order valence-electron chi connectivity index (χ4n) is 3.93. The second-order valence-corrected chi connectivity index (χ2v) is 7.87. The SMILES string of the molecule is CCCC(O)C(=O)N1CCN(c2nc(-c3ccccc3)nc3cc(C)ccc23)CC1. The molecule has 0 saturated carbocycles. The number of aromatic nitrogens is 2. The van der Waals surface area contributed by atoms with E-state index in [2.05, 4.69) is 30.0 Å². The van der Waals surface area contributed by atoms with Gasteiger partial charge in [-0.1, -0.05) is 49.7 Å². The first-order valence-electron chi connectivity index (χ1n) is 10.6. The second-order valence-electron chi connectivity index (χ2n) is 7.87. The lowest BCUT2D eigenvalue weighted by molar-refractivity contribution is -0.140. The van der Waals surface area contributed by atoms with Crippen molar-refractivity contribution >= 4 is 22.6 Å². The third-order valence-corrected chi connectivity index (χ3v) is 5.60. The van der Waals surface area contributed by atoms with Gasteiger partial charge in [-0.3, -0.25) is 4.79 Å². The van der Waals surface area contributed by atoms with Gasteiger partial charge in [-0.25, -0.2) is 9.97 Å². The topological polar surface area (TPSA) is 69.6 Å². The molecule has 1 aliphatic rings. The molecule has 3 aromatic rings. The number of hydrogen-bond acceptors (Lipinski definition) is 5. The Labute approximate surface area is 177 Å². The van der Waals surface area contributed by atoms with Crippen LogP contribution in [-0.4, -0.2) is 58.2 Å². The number of hydrogen-bond donors (Lipinski definition) is 1. The monoisotopic (exact) mass is 404 g/mol. The molecule has 0 aliphatic carbocycles. The lowest BCUT2D eigenvalue weighted by Crippen LogP contribution is -2.51. The molecule has 1 aliphatic heterocycles. The van der Waals surface area contributed by atoms with Crippen molar-refractivity contribution in [2.45, 2.75) is 32.8 Å². The highest BCUT2D eigenvalue weighted by Crippen LogP contribution is 2.29. The molecule has 2 aromatic carbocycles. The van der Waals surface area contributed by atoms with E-state index in [1.807, 2.05) is 37.3 Å². The van der Waals surface area contributed by atoms with E-state index in [0.29, 0.717) is 38.4 Å². The number of piperazine rings is 1. The third-order valence-electron chi connectivity index (χ3n) is 5.60. The van der Waals surface area contributed by atoms with Gasteiger partial charge in [-0.15, -0.1) is 0 Å². The Morgan fingerprint density at radius 2 is 1.80 bits per heavy atom. The van der Waals surface area contributed by atoms with Gasteiger partial charge < -0.3 is 14.9 Å². The highest BCUT2D eigenvalue weighted by atomic mass is 16.3. The van der Waals surface area contributed by atoms with Crippen LogP contribution >= 0.6 is 0 Å². The summed E-state index contributed by atoms with van der Waals surface area (Å²) >= 11 is 0. The van der Waals surface area contributed by atoms with Gasteiger partial charge in [-0.2, -0.15) is 0 Å². The smallest absolute Gasteiger partial charge is 0.251 e. The molecule has 0 spiro atoms. The first-order valence-corrected chi connectivity index (χ1v) is 10.6. The summed E-state index contributed by atoms with van der Waals surface area (Å²) in [5.41, 5.74) is 3.07. The van der Waals surface area contributed by atoms with Crippen molar-refractivity contribution in [3.8, 4) is 11.4 Å². The predicted octanol–water partition coefficient (Wildman–Crippen LogP) is 3.41. The van der Waals surface area contributed by atoms with Crippen LogP contribution in [0.15, 0.2) is 48.5 Å². The predicted molar refractivity (Wildman–Crippen MR) is 119 cm³/mol. The summed E-state index contributed by atoms with van der Waals surface area (Å²) in [5, 5.41) is 11.1. The molecule has 1 atom stereocenters. The molecular formula is C24H28N4O2. The molecule has 4 rings (SSSR count). The summed E-state index contributed by atoms with van der Waals surface area (Å²) in [4.78, 5) is 26.2. The standard InChI is InChI=1S/C24H28N4O2/c1-3-7-21(29)24(30)28-14-12-27(13-15-28)23-19-11-10-17(2)16-20(19)25-22(26-23)18-8-5-4-6-9-18/h4-6,8-11,16,21,29H,3,7,12-15H2,1-2H3. The summed E-state index contributed by atoms with van der Waals surface area (Å²) in [6, 6.07) is 16.3. The Morgan fingerprint density at radius 3 is 2.50 bits per heavy atom. The van der Waals surface area contributed by atoms with Crippen LogP contribution in [0.25, 0.3) is 22.3 Å². The van der Waals surface area contributed by atoms with Gasteiger partial charge in [0.1, 0.15) is 11.9 Å². The highest BCUT2D eigenvalue weighted by molar-refractivity contribution is 5.91. The van der Waals surface area contributed by atoms with E-state index in [4.69, 9.17) is 9.97 Å². The number of fused-ring (bicyclic) bond motifs is 1. The molecule has 30 heavy (non-hydrogen) atoms. The Morgan fingerprint density at radius 1 is 1.07 bits per heavy atom. The van der Waals surface area contributed by atoms with E-state index in [1.54, 1.807) is 4.90 Å². The molecule has 0 radical (unpaired) electrons. The average Bonchev–Trinajstić information content (AvgIpc) is 2.78. The van der Waals surface area contributed by atoms with Crippen molar-refractivity contribution in [3.05, 3.63) is 54.1 Å². The number of anilines is 1. The zero-order chi connectivity index (χ0) is 21.1. The third kappa shape index (κ3) is 4.14. The number of benzene rings is 2. The number of aliphatic hydroxyl groups is 1. The van der Waals surface area contributed by atoms with Gasteiger partial charge >= 0.3 is 0 Å². The van der Waals surface area contributed by atoms with Crippen molar-refractivity contribution in [2.75, 3.05) is 31.1 Å². The van der Waals surface area contributed by atoms with Crippen LogP contribution in [0.2, 0.25) is 0 Å². The normalized spacial score (nSPS) is 15.4. The quantitative estimate of drug-likeness (QED) is 0.706. The van der Waals surface area contributed by atoms with E-state index in [-0.39, 0.29) is 5.91 Å². The second kappa shape index (κ2) is 8.79. The molecule has 1 unspecified atom stereocenters. The number of aryl methyl sites for hydroxylation is 1. The number of nitrogens with zero attached hydrogens (tertiary/aromatic N) is 4. The molecular weight excluding hydrogens is 376 g/mol. The fourth-order valence-corrected chi connectivity index (χ4v) is 3.93. The van der Waals surface area contributed by atoms with Crippen molar-refractivity contribution in [1.29, 1.82) is 0 Å². The Balaban J connectivity index is 1.63. The number of aliphatic hydroxyl groups excluding tert-OH is 1. The van der Waals surface area contributed by atoms with E-state index in [9.17, 15) is 9.90 Å². The van der Waals surface area contributed by atoms with Crippen molar-refractivity contribution in [3.63, 3.8) is 0 Å². The summed E-state index contributed by atoms with van der Waals surface area (Å²) in [7, 11) is 0. The van der Waals surface area contributed by atoms with Gasteiger partial charge in [0.15, 0.2) is 5.82 Å². The van der Waals surface area contributed by atoms with Crippen molar-refractivity contribution in [1.82, 2.24) is 14.9 Å². The largest absolute Gasteiger partial charge is 0.383 e. The van der Waals surface area contributed by atoms with E-state index < -0.39 is 6.10 Å². The minimum atomic E-state index is -0.894. The summed E-state index contributed by atoms with van der Waals surface area (Å²) < 4.78 is 0. The highest BCUT2D eigenvalue weighted by Gasteiger charge is 2.27. The van der Waals surface area contributed by atoms with Crippen LogP contribution in [0.3, 0.4) is 0 Å². The molecule has 1 aromatic heterocycles. The number of amides is 1. The fraction of sp³-hybridized carbons (Fsp3) is 0.375. The Kier molecular flexibility index (Phi) is 5.95. The van der Waals surface area contributed by atoms with Crippen molar-refractivity contribution in [2.24, 2.45) is 0 Å². The summed E-state index contributed by atoms with van der Waals surface area (Å²) in [6.07, 6.45) is 0.408. The van der Waals surface area contributed by atoms with Gasteiger partial charge in [-0.05, 0) is 31.0 Å². The maximum atomic E-state index is 12.5. The van der Waals surface area contributed by atoms with Gasteiger partial charge in [0, 0.05) is 37.1 Å². The first kappa shape index (κ1) is 20.3. The molecule has 156 valence electrons. The molecule has 6 nitrogen and oxygen atoms in total. The van der Waals surface area contributed by atoms with Crippen LogP contribution in [-0.2, 0) is 4.79 Å². The molecule has 1 N–H and O–H groups in total. The summed E-state index contributed by atoms with van der Waals surface area (Å²) in [6.45, 7) is 6.56. The molecule has 0 bridgehead atoms. The van der Waals surface area contributed by atoms with Crippen LogP contribution in [0, 0.1) is 6.92 Å².